The lowest BCUT2D eigenvalue weighted by Crippen LogP contribution is -2.69. The maximum absolute atomic E-state index is 16.3. The predicted octanol–water partition coefficient (Wildman–Crippen LogP) is -3.76. The molecule has 0 aromatic heterocycles. The second-order valence-corrected chi connectivity index (χ2v) is 40.5. The SMILES string of the molecule is CC[C@@H](C)[C@@H](C[C@H](O)CC(=O)O[C@@H]1[C@H](O)[C@@H](O[C@@H]2O[C@@H](C)[C@H](O[C@@H]3OC[C@@H](O)[C@H](O)[C@H]3O)[C@@H](O)[C@H]2O)[C@H](OC(=O)[C@]23CCC(C)(C)C[C@H]2C2=CC[C@@H]4[C@@]5(C)CC[C@H](O[C@@H]6O[C@H](C(=O)O)[C@@H](O)[C@H](O[C@@H]7O[C@@H](C)[C@H](O)[C@@H](O)[C@H]7O)[C@H]6O[C@@H]6O[C@H](CO)[C@H](O)[C@H](O)[C@H]6O)[C@@](C)(C=O)[C@@H]5CC[C@@]4(C)[C@]2(C)C[C@H]3O)O[C@@H]1C)OC(=O)C[C@@H](O)C[C@H](O[C@@H]1O[C@@H](CO)[C@H](O)[C@H]1O)[C@@H](C)CC. The van der Waals surface area contributed by atoms with Gasteiger partial charge < -0.3 is 188 Å². The number of hydrogen-bond donors (Lipinski definition) is 21. The molecule has 4 saturated carbocycles. The zero-order valence-corrected chi connectivity index (χ0v) is 75.8. The Labute approximate surface area is 753 Å². The van der Waals surface area contributed by atoms with Crippen LogP contribution in [0.15, 0.2) is 11.6 Å². The van der Waals surface area contributed by atoms with Gasteiger partial charge in [-0.25, -0.2) is 4.79 Å². The van der Waals surface area contributed by atoms with Gasteiger partial charge in [0.05, 0.1) is 86.9 Å². The number of carboxylic acids is 1. The average Bonchev–Trinajstić information content (AvgIpc) is 0.701. The molecule has 746 valence electrons. The predicted molar refractivity (Wildman–Crippen MR) is 436 cm³/mol. The van der Waals surface area contributed by atoms with E-state index < -0.39 is 346 Å². The quantitative estimate of drug-likeness (QED) is 0.0101. The number of fused-ring (bicyclic) bond motifs is 7. The molecular weight excluding hydrogens is 1730 g/mol. The minimum absolute atomic E-state index is 0.0346. The molecule has 0 radical (unpaired) electrons. The summed E-state index contributed by atoms with van der Waals surface area (Å²) < 4.78 is 97.0. The summed E-state index contributed by atoms with van der Waals surface area (Å²) in [6.45, 7) is 21.4. The van der Waals surface area contributed by atoms with Crippen molar-refractivity contribution < 1.29 is 207 Å². The van der Waals surface area contributed by atoms with Crippen LogP contribution >= 0.6 is 0 Å². The van der Waals surface area contributed by atoms with Crippen molar-refractivity contribution in [2.24, 2.45) is 62.1 Å². The van der Waals surface area contributed by atoms with Crippen molar-refractivity contribution >= 4 is 30.2 Å². The van der Waals surface area contributed by atoms with Crippen molar-refractivity contribution in [3.8, 4) is 0 Å². The Kier molecular flexibility index (Phi) is 33.5. The van der Waals surface area contributed by atoms with Gasteiger partial charge in [0, 0.05) is 12.8 Å². The molecule has 21 N–H and O–H groups in total. The van der Waals surface area contributed by atoms with Gasteiger partial charge in [-0.15, -0.1) is 0 Å². The fourth-order valence-electron chi connectivity index (χ4n) is 23.1. The van der Waals surface area contributed by atoms with Gasteiger partial charge in [-0.2, -0.15) is 0 Å². The molecule has 0 spiro atoms. The molecule has 42 heteroatoms. The highest BCUT2D eigenvalue weighted by molar-refractivity contribution is 5.80. The summed E-state index contributed by atoms with van der Waals surface area (Å²) in [5.74, 6) is -7.06. The fraction of sp³-hybridized carbons (Fsp3) is 0.920. The fourth-order valence-corrected chi connectivity index (χ4v) is 23.1. The largest absolute Gasteiger partial charge is 0.479 e. The first-order chi connectivity index (χ1) is 60.9. The van der Waals surface area contributed by atoms with E-state index in [-0.39, 0.29) is 43.9 Å². The Morgan fingerprint density at radius 3 is 1.65 bits per heavy atom. The van der Waals surface area contributed by atoms with Gasteiger partial charge in [-0.1, -0.05) is 93.7 Å². The molecule has 0 amide bonds. The van der Waals surface area contributed by atoms with Gasteiger partial charge in [-0.05, 0) is 130 Å². The molecule has 42 nitrogen and oxygen atoms in total. The van der Waals surface area contributed by atoms with Crippen LogP contribution in [0.1, 0.15) is 186 Å². The normalized spacial score (nSPS) is 48.7. The summed E-state index contributed by atoms with van der Waals surface area (Å²) in [4.78, 5) is 71.8. The van der Waals surface area contributed by atoms with E-state index >= 15 is 4.79 Å². The topological polar surface area (TPSA) is 658 Å². The molecule has 7 heterocycles. The highest BCUT2D eigenvalue weighted by Gasteiger charge is 2.74. The first-order valence-electron chi connectivity index (χ1n) is 45.9. The highest BCUT2D eigenvalue weighted by Crippen LogP contribution is 2.76. The van der Waals surface area contributed by atoms with Crippen molar-refractivity contribution in [2.75, 3.05) is 19.8 Å². The van der Waals surface area contributed by atoms with E-state index in [0.717, 1.165) is 11.9 Å². The third-order valence-electron chi connectivity index (χ3n) is 31.8. The maximum atomic E-state index is 16.3. The smallest absolute Gasteiger partial charge is 0.335 e. The van der Waals surface area contributed by atoms with Gasteiger partial charge in [0.1, 0.15) is 140 Å². The van der Waals surface area contributed by atoms with E-state index in [0.29, 0.717) is 51.4 Å². The Morgan fingerprint density at radius 2 is 1.03 bits per heavy atom. The first kappa shape index (κ1) is 105. The maximum Gasteiger partial charge on any atom is 0.335 e. The molecule has 7 aliphatic heterocycles. The molecule has 12 rings (SSSR count). The summed E-state index contributed by atoms with van der Waals surface area (Å²) in [6, 6.07) is 0. The number of hydrogen-bond acceptors (Lipinski definition) is 41. The Bertz CT molecular complexity index is 3830. The molecule has 0 aromatic rings. The monoisotopic (exact) mass is 1870 g/mol. The number of aliphatic carboxylic acids is 1. The Morgan fingerprint density at radius 1 is 0.500 bits per heavy atom. The Hall–Kier alpha value is -4.03. The van der Waals surface area contributed by atoms with Crippen LogP contribution in [-0.4, -0.2) is 397 Å². The molecule has 49 atom stereocenters. The number of carbonyl (C=O) groups excluding carboxylic acids is 4. The summed E-state index contributed by atoms with van der Waals surface area (Å²) in [5.41, 5.74) is -5.36. The average molecular weight is 1870 g/mol. The van der Waals surface area contributed by atoms with E-state index in [4.69, 9.17) is 75.8 Å². The number of carboxylic acid groups (broad SMARTS) is 1. The number of carbonyl (C=O) groups is 5. The number of allylic oxidation sites excluding steroid dienone is 2. The standard InChI is InChI=1S/C88H142O42/c1-14-34(3)44(119-52(96)26-40(93)25-45(35(4)15-2)120-78-62(106)57(101)47(31-90)121-78)24-39(92)27-53(97)124-69-38(7)118-80(72(66(69)110)128-77-65(109)60(104)68(37(6)117-77)125-75-61(105)55(99)43(94)32-115-75)130-82(114)88-23-22-83(8,9)28-42(88)41-16-17-49-84(10)20-19-51(85(11,33-91)48(84)18-21-86(49,12)87(41,13)29-50(88)95)123-81-73(129-79-64(108)59(103)56(100)46(30-89)122-79)70(67(111)71(127-81)74(112)113)126-76-63(107)58(102)54(98)36(5)116-76/h16,33-40,42-51,54-73,75-81,89-90,92-95,98-111H,14-15,17-32H2,1-13H3,(H,112,113)/t34-,35+,36+,37+,38-,39+,40+,42+,43-,44-,45+,46-,47+,48-,49-,50-,51+,54+,55+,56+,57+,58-,59+,60+,61-,62-,63-,64-,65-,66+,67+,68+,69+,70+,71+,72-,73-,75+,76+,77+,78-,79+,80+,81-,84+,85+,86-,87-,88-/m1/s1. The van der Waals surface area contributed by atoms with E-state index in [1.165, 1.54) is 20.8 Å². The van der Waals surface area contributed by atoms with Crippen LogP contribution in [0.5, 0.6) is 0 Å². The molecule has 11 fully saturated rings. The summed E-state index contributed by atoms with van der Waals surface area (Å²) in [5, 5.41) is 234. The number of ether oxygens (including phenoxy) is 16. The molecule has 0 unspecified atom stereocenters. The number of aliphatic hydroxyl groups is 20. The first-order valence-corrected chi connectivity index (χ1v) is 45.9. The molecule has 0 bridgehead atoms. The van der Waals surface area contributed by atoms with Crippen molar-refractivity contribution in [2.45, 2.75) is 426 Å². The highest BCUT2D eigenvalue weighted by atomic mass is 16.8. The molecule has 5 aliphatic carbocycles. The number of aldehydes is 1. The molecule has 7 saturated heterocycles. The lowest BCUT2D eigenvalue weighted by atomic mass is 9.33. The van der Waals surface area contributed by atoms with Gasteiger partial charge in [0.25, 0.3) is 0 Å². The third-order valence-corrected chi connectivity index (χ3v) is 31.8. The minimum atomic E-state index is -2.26. The number of esters is 3. The second kappa shape index (κ2) is 41.6. The molecule has 0 aromatic carbocycles. The lowest BCUT2D eigenvalue weighted by Gasteiger charge is -2.71. The Balaban J connectivity index is 0.787. The zero-order chi connectivity index (χ0) is 95.7. The van der Waals surface area contributed by atoms with Gasteiger partial charge in [0.15, 0.2) is 56.1 Å². The summed E-state index contributed by atoms with van der Waals surface area (Å²) in [7, 11) is 0. The zero-order valence-electron chi connectivity index (χ0n) is 75.8. The van der Waals surface area contributed by atoms with Crippen molar-refractivity contribution in [3.05, 3.63) is 11.6 Å². The van der Waals surface area contributed by atoms with Crippen molar-refractivity contribution in [1.82, 2.24) is 0 Å². The van der Waals surface area contributed by atoms with Gasteiger partial charge in [0.2, 0.25) is 6.29 Å². The molecule has 12 aliphatic rings. The van der Waals surface area contributed by atoms with Gasteiger partial charge in [-0.3, -0.25) is 14.4 Å². The number of rotatable bonds is 32. The summed E-state index contributed by atoms with van der Waals surface area (Å²) >= 11 is 0. The summed E-state index contributed by atoms with van der Waals surface area (Å²) in [6.07, 6.45) is -62.7. The second-order valence-electron chi connectivity index (χ2n) is 40.5. The van der Waals surface area contributed by atoms with Crippen LogP contribution in [0.25, 0.3) is 0 Å². The van der Waals surface area contributed by atoms with E-state index in [1.54, 1.807) is 20.8 Å². The van der Waals surface area contributed by atoms with E-state index in [1.807, 2.05) is 27.7 Å². The van der Waals surface area contributed by atoms with Crippen molar-refractivity contribution in [1.29, 1.82) is 0 Å². The van der Waals surface area contributed by atoms with Crippen LogP contribution in [0.4, 0.5) is 0 Å². The molecule has 130 heavy (non-hydrogen) atoms. The van der Waals surface area contributed by atoms with Crippen LogP contribution in [0.2, 0.25) is 0 Å². The van der Waals surface area contributed by atoms with Crippen LogP contribution in [0.3, 0.4) is 0 Å². The third kappa shape index (κ3) is 20.2. The lowest BCUT2D eigenvalue weighted by molar-refractivity contribution is -0.394. The molecular formula is C88H142O42. The van der Waals surface area contributed by atoms with Gasteiger partial charge >= 0.3 is 23.9 Å². The van der Waals surface area contributed by atoms with Crippen molar-refractivity contribution in [3.63, 3.8) is 0 Å². The van der Waals surface area contributed by atoms with Crippen LogP contribution in [0, 0.1) is 62.1 Å². The minimum Gasteiger partial charge on any atom is -0.479 e. The number of aliphatic hydroxyl groups excluding tert-OH is 20. The van der Waals surface area contributed by atoms with Crippen LogP contribution < -0.4 is 0 Å². The van der Waals surface area contributed by atoms with E-state index in [9.17, 15) is 126 Å². The van der Waals surface area contributed by atoms with E-state index in [2.05, 4.69) is 26.8 Å². The van der Waals surface area contributed by atoms with Crippen LogP contribution in [-0.2, 0) is 99.8 Å².